The van der Waals surface area contributed by atoms with Gasteiger partial charge in [0.25, 0.3) is 0 Å². The summed E-state index contributed by atoms with van der Waals surface area (Å²) in [6.45, 7) is 1.70. The number of carboxylic acid groups (broad SMARTS) is 1. The maximum absolute atomic E-state index is 13.8. The fourth-order valence-corrected chi connectivity index (χ4v) is 3.22. The molecular formula is C17H16FN5O2. The Hall–Kier alpha value is -3.00. The van der Waals surface area contributed by atoms with Crippen LogP contribution in [-0.2, 0) is 19.5 Å². The molecule has 0 spiro atoms. The van der Waals surface area contributed by atoms with E-state index in [1.165, 1.54) is 12.1 Å². The quantitative estimate of drug-likeness (QED) is 0.758. The summed E-state index contributed by atoms with van der Waals surface area (Å²) >= 11 is 0. The minimum atomic E-state index is -1.04. The average Bonchev–Trinajstić information content (AvgIpc) is 3.24. The highest BCUT2D eigenvalue weighted by Crippen LogP contribution is 2.24. The fourth-order valence-electron chi connectivity index (χ4n) is 3.22. The van der Waals surface area contributed by atoms with E-state index in [1.54, 1.807) is 16.9 Å². The molecule has 1 aromatic carbocycles. The second-order valence-electron chi connectivity index (χ2n) is 6.02. The van der Waals surface area contributed by atoms with Crippen LogP contribution in [0.3, 0.4) is 0 Å². The summed E-state index contributed by atoms with van der Waals surface area (Å²) in [5.41, 5.74) is 3.23. The van der Waals surface area contributed by atoms with E-state index in [4.69, 9.17) is 0 Å². The number of nitrogens with one attached hydrogen (secondary N) is 1. The van der Waals surface area contributed by atoms with E-state index in [1.807, 2.05) is 12.3 Å². The Balaban J connectivity index is 1.62. The molecule has 0 saturated carbocycles. The number of hydrogen-bond acceptors (Lipinski definition) is 4. The third-order valence-corrected chi connectivity index (χ3v) is 4.40. The van der Waals surface area contributed by atoms with Crippen LogP contribution >= 0.6 is 0 Å². The fraction of sp³-hybridized carbons (Fsp3) is 0.235. The molecule has 3 aromatic rings. The molecule has 1 aliphatic heterocycles. The number of benzene rings is 1. The third kappa shape index (κ3) is 2.91. The van der Waals surface area contributed by atoms with Gasteiger partial charge in [0.1, 0.15) is 5.82 Å². The molecular weight excluding hydrogens is 325 g/mol. The topological polar surface area (TPSA) is 87.0 Å². The molecule has 0 fully saturated rings. The first-order chi connectivity index (χ1) is 12.1. The first kappa shape index (κ1) is 15.5. The zero-order valence-electron chi connectivity index (χ0n) is 13.3. The lowest BCUT2D eigenvalue weighted by molar-refractivity contribution is 0.0687. The van der Waals surface area contributed by atoms with Crippen LogP contribution in [0, 0.1) is 5.82 Å². The lowest BCUT2D eigenvalue weighted by Crippen LogP contribution is -2.31. The van der Waals surface area contributed by atoms with Crippen LogP contribution in [0.15, 0.2) is 36.7 Å². The number of halogens is 1. The molecule has 3 heterocycles. The number of aromatic carboxylic acids is 1. The summed E-state index contributed by atoms with van der Waals surface area (Å²) in [6, 6.07) is 6.42. The van der Waals surface area contributed by atoms with Crippen LogP contribution in [0.1, 0.15) is 27.3 Å². The molecule has 0 atom stereocenters. The smallest absolute Gasteiger partial charge is 0.356 e. The summed E-state index contributed by atoms with van der Waals surface area (Å²) in [6.07, 6.45) is 4.16. The Morgan fingerprint density at radius 2 is 2.28 bits per heavy atom. The molecule has 7 nitrogen and oxygen atoms in total. The van der Waals surface area contributed by atoms with Gasteiger partial charge in [-0.15, -0.1) is 0 Å². The average molecular weight is 341 g/mol. The largest absolute Gasteiger partial charge is 0.476 e. The second-order valence-corrected chi connectivity index (χ2v) is 6.02. The van der Waals surface area contributed by atoms with Gasteiger partial charge in [0.2, 0.25) is 0 Å². The van der Waals surface area contributed by atoms with Gasteiger partial charge < -0.3 is 5.11 Å². The minimum Gasteiger partial charge on any atom is -0.476 e. The molecule has 1 aliphatic rings. The molecule has 25 heavy (non-hydrogen) atoms. The first-order valence-corrected chi connectivity index (χ1v) is 7.92. The Morgan fingerprint density at radius 3 is 3.04 bits per heavy atom. The number of aromatic nitrogens is 4. The summed E-state index contributed by atoms with van der Waals surface area (Å²) in [5, 5.41) is 20.2. The van der Waals surface area contributed by atoms with E-state index >= 15 is 0 Å². The number of fused-ring (bicyclic) bond motifs is 1. The van der Waals surface area contributed by atoms with E-state index in [0.29, 0.717) is 25.1 Å². The van der Waals surface area contributed by atoms with Gasteiger partial charge in [-0.05, 0) is 29.8 Å². The molecule has 2 aromatic heterocycles. The van der Waals surface area contributed by atoms with Gasteiger partial charge in [0.05, 0.1) is 5.69 Å². The third-order valence-electron chi connectivity index (χ3n) is 4.40. The Morgan fingerprint density at radius 1 is 1.40 bits per heavy atom. The van der Waals surface area contributed by atoms with Gasteiger partial charge >= 0.3 is 5.97 Å². The summed E-state index contributed by atoms with van der Waals surface area (Å²) in [5.74, 6) is -1.35. The van der Waals surface area contributed by atoms with E-state index in [-0.39, 0.29) is 11.5 Å². The lowest BCUT2D eigenvalue weighted by Gasteiger charge is -2.27. The molecule has 0 bridgehead atoms. The normalized spacial score (nSPS) is 14.4. The number of hydrogen-bond donors (Lipinski definition) is 2. The molecule has 0 aliphatic carbocycles. The highest BCUT2D eigenvalue weighted by atomic mass is 19.1. The minimum absolute atomic E-state index is 0.0613. The van der Waals surface area contributed by atoms with Gasteiger partial charge in [-0.1, -0.05) is 0 Å². The molecule has 0 saturated heterocycles. The predicted octanol–water partition coefficient (Wildman–Crippen LogP) is 1.99. The van der Waals surface area contributed by atoms with Crippen molar-refractivity contribution in [2.75, 3.05) is 6.54 Å². The van der Waals surface area contributed by atoms with Gasteiger partial charge in [0, 0.05) is 49.7 Å². The zero-order valence-corrected chi connectivity index (χ0v) is 13.3. The molecule has 2 N–H and O–H groups in total. The van der Waals surface area contributed by atoms with Gasteiger partial charge in [-0.25, -0.2) is 13.9 Å². The van der Waals surface area contributed by atoms with Crippen molar-refractivity contribution in [2.45, 2.75) is 19.5 Å². The monoisotopic (exact) mass is 341 g/mol. The van der Waals surface area contributed by atoms with E-state index in [9.17, 15) is 14.3 Å². The zero-order chi connectivity index (χ0) is 17.4. The maximum Gasteiger partial charge on any atom is 0.356 e. The Kier molecular flexibility index (Phi) is 3.81. The van der Waals surface area contributed by atoms with Gasteiger partial charge in [0.15, 0.2) is 5.69 Å². The van der Waals surface area contributed by atoms with E-state index < -0.39 is 5.97 Å². The van der Waals surface area contributed by atoms with E-state index in [2.05, 4.69) is 20.2 Å². The van der Waals surface area contributed by atoms with Crippen LogP contribution in [0.25, 0.3) is 5.69 Å². The molecule has 0 unspecified atom stereocenters. The second kappa shape index (κ2) is 6.14. The van der Waals surface area contributed by atoms with Crippen LogP contribution < -0.4 is 0 Å². The van der Waals surface area contributed by atoms with Crippen LogP contribution in [0.2, 0.25) is 0 Å². The molecule has 4 rings (SSSR count). The van der Waals surface area contributed by atoms with Crippen LogP contribution in [0.5, 0.6) is 0 Å². The van der Waals surface area contributed by atoms with Crippen molar-refractivity contribution in [3.63, 3.8) is 0 Å². The van der Waals surface area contributed by atoms with Crippen molar-refractivity contribution < 1.29 is 14.3 Å². The van der Waals surface area contributed by atoms with Crippen molar-refractivity contribution in [1.82, 2.24) is 24.9 Å². The lowest BCUT2D eigenvalue weighted by atomic mass is 10.0. The Labute approximate surface area is 142 Å². The van der Waals surface area contributed by atoms with Crippen molar-refractivity contribution in [3.8, 4) is 5.69 Å². The standard InChI is InChI=1S/C17H16FN5O2/c18-12-2-3-15(23-6-1-5-19-23)11(8-12)9-22-7-4-14-13(10-22)16(17(24)25)21-20-14/h1-3,5-6,8H,4,7,9-10H2,(H,20,21)(H,24,25). The summed E-state index contributed by atoms with van der Waals surface area (Å²) in [4.78, 5) is 13.4. The maximum atomic E-state index is 13.8. The van der Waals surface area contributed by atoms with Gasteiger partial charge in [-0.3, -0.25) is 10.00 Å². The molecule has 0 radical (unpaired) electrons. The van der Waals surface area contributed by atoms with Crippen molar-refractivity contribution in [3.05, 3.63) is 65.0 Å². The van der Waals surface area contributed by atoms with Crippen LogP contribution in [-0.4, -0.2) is 42.5 Å². The number of aromatic amines is 1. The number of carbonyl (C=O) groups is 1. The summed E-state index contributed by atoms with van der Waals surface area (Å²) < 4.78 is 15.5. The van der Waals surface area contributed by atoms with Crippen molar-refractivity contribution in [1.29, 1.82) is 0 Å². The van der Waals surface area contributed by atoms with Crippen molar-refractivity contribution >= 4 is 5.97 Å². The number of nitrogens with zero attached hydrogens (tertiary/aromatic N) is 4. The van der Waals surface area contributed by atoms with Crippen molar-refractivity contribution in [2.24, 2.45) is 0 Å². The number of carboxylic acids is 1. The number of H-pyrrole nitrogens is 1. The highest BCUT2D eigenvalue weighted by Gasteiger charge is 2.25. The number of rotatable bonds is 4. The van der Waals surface area contributed by atoms with E-state index in [0.717, 1.165) is 23.5 Å². The Bertz CT molecular complexity index is 919. The predicted molar refractivity (Wildman–Crippen MR) is 86.9 cm³/mol. The molecule has 128 valence electrons. The molecule has 8 heteroatoms. The first-order valence-electron chi connectivity index (χ1n) is 7.92. The summed E-state index contributed by atoms with van der Waals surface area (Å²) in [7, 11) is 0. The van der Waals surface area contributed by atoms with Crippen LogP contribution in [0.4, 0.5) is 4.39 Å². The molecule has 0 amide bonds. The van der Waals surface area contributed by atoms with Gasteiger partial charge in [-0.2, -0.15) is 10.2 Å². The highest BCUT2D eigenvalue weighted by molar-refractivity contribution is 5.87. The SMILES string of the molecule is O=C(O)c1n[nH]c2c1CN(Cc1cc(F)ccc1-n1cccn1)CC2.